The average molecular weight is 614 g/mol. The third-order valence-electron chi connectivity index (χ3n) is 9.72. The van der Waals surface area contributed by atoms with E-state index in [0.29, 0.717) is 6.04 Å². The van der Waals surface area contributed by atoms with E-state index in [9.17, 15) is 9.90 Å². The van der Waals surface area contributed by atoms with Crippen LogP contribution in [0.3, 0.4) is 0 Å². The molecule has 0 N–H and O–H groups in total. The first-order valence-electron chi connectivity index (χ1n) is 20.1. The maximum atomic E-state index is 10.9. The van der Waals surface area contributed by atoms with Crippen molar-refractivity contribution >= 4 is 5.97 Å². The van der Waals surface area contributed by atoms with E-state index >= 15 is 0 Å². The number of hydrogen-bond acceptors (Lipinski definition) is 3. The first-order chi connectivity index (χ1) is 21.1. The summed E-state index contributed by atoms with van der Waals surface area (Å²) in [6.07, 6.45) is 44.2. The van der Waals surface area contributed by atoms with E-state index in [1.54, 1.807) is 0 Å². The number of nitrogens with zero attached hydrogens (tertiary/aromatic N) is 1. The van der Waals surface area contributed by atoms with Gasteiger partial charge >= 0.3 is 18.9 Å². The number of hydrogen-bond donors (Lipinski definition) is 0. The van der Waals surface area contributed by atoms with Crippen LogP contribution in [0.1, 0.15) is 233 Å². The second-order valence-corrected chi connectivity index (χ2v) is 14.0. The number of aliphatic carboxylic acids is 1. The summed E-state index contributed by atoms with van der Waals surface area (Å²) < 4.78 is 0. The van der Waals surface area contributed by atoms with Gasteiger partial charge in [-0.1, -0.05) is 194 Å². The Balaban J connectivity index is 0. The molecule has 0 rings (SSSR count). The molecular weight excluding hydrogens is 533 g/mol. The van der Waals surface area contributed by atoms with Crippen LogP contribution in [0.2, 0.25) is 0 Å². The van der Waals surface area contributed by atoms with Crippen LogP contribution in [0.15, 0.2) is 0 Å². The molecule has 0 heterocycles. The van der Waals surface area contributed by atoms with Crippen molar-refractivity contribution in [1.82, 2.24) is 4.90 Å². The number of rotatable bonds is 37. The normalized spacial score (nSPS) is 12.1. The van der Waals surface area contributed by atoms with Gasteiger partial charge in [-0.05, 0) is 52.1 Å². The predicted octanol–water partition coefficient (Wildman–Crippen LogP) is 9.34. The number of carboxylic acid groups (broad SMARTS) is 1. The van der Waals surface area contributed by atoms with Crippen LogP contribution in [-0.2, 0) is 4.79 Å². The molecule has 44 heavy (non-hydrogen) atoms. The summed E-state index contributed by atoms with van der Waals surface area (Å²) in [6.45, 7) is 9.27. The van der Waals surface area contributed by atoms with Crippen LogP contribution < -0.4 is 24.0 Å². The minimum atomic E-state index is -0.899. The van der Waals surface area contributed by atoms with Crippen LogP contribution in [-0.4, -0.2) is 30.0 Å². The molecule has 1 atom stereocenters. The smallest absolute Gasteiger partial charge is 0.550 e. The summed E-state index contributed by atoms with van der Waals surface area (Å²) >= 11 is 0. The minimum absolute atomic E-state index is 0. The van der Waals surface area contributed by atoms with Crippen molar-refractivity contribution in [2.24, 2.45) is 0 Å². The Morgan fingerprint density at radius 3 is 0.955 bits per heavy atom. The zero-order chi connectivity index (χ0) is 31.5. The molecule has 0 aromatic rings. The van der Waals surface area contributed by atoms with Crippen LogP contribution in [0.4, 0.5) is 0 Å². The Bertz CT molecular complexity index is 509. The SMILES string of the molecule is CCCCCCCCCCCCCCCCCN(CCCCCCCCCCCCCCCCC)C(C)CCCC(=O)[O-].[Li+]. The van der Waals surface area contributed by atoms with Gasteiger partial charge in [0.1, 0.15) is 0 Å². The summed E-state index contributed by atoms with van der Waals surface area (Å²) in [5, 5.41) is 10.9. The van der Waals surface area contributed by atoms with Crippen molar-refractivity contribution in [1.29, 1.82) is 0 Å². The van der Waals surface area contributed by atoms with Gasteiger partial charge in [-0.3, -0.25) is 0 Å². The van der Waals surface area contributed by atoms with Crippen LogP contribution in [0.5, 0.6) is 0 Å². The van der Waals surface area contributed by atoms with Crippen molar-refractivity contribution in [3.63, 3.8) is 0 Å². The monoisotopic (exact) mass is 614 g/mol. The number of carboxylic acids is 1. The Kier molecular flexibility index (Phi) is 41.1. The summed E-state index contributed by atoms with van der Waals surface area (Å²) in [4.78, 5) is 13.5. The standard InChI is InChI=1S/C40H81NO2.Li/c1-4-6-8-10-12-14-16-18-20-22-24-26-28-30-32-37-41(39(3)35-34-36-40(42)43)38-33-31-29-27-25-23-21-19-17-15-13-11-9-7-5-2;/h39H,4-38H2,1-3H3,(H,42,43);/q;+1/p-1. The Hall–Kier alpha value is 0.0274. The molecular formula is C40H80LiNO2. The molecule has 0 bridgehead atoms. The van der Waals surface area contributed by atoms with Crippen molar-refractivity contribution in [2.75, 3.05) is 13.1 Å². The molecule has 1 unspecified atom stereocenters. The van der Waals surface area contributed by atoms with Crippen LogP contribution in [0, 0.1) is 0 Å². The maximum Gasteiger partial charge on any atom is 1.00 e. The number of carbonyl (C=O) groups excluding carboxylic acids is 1. The van der Waals surface area contributed by atoms with Gasteiger partial charge in [0.05, 0.1) is 0 Å². The fraction of sp³-hybridized carbons (Fsp3) is 0.975. The fourth-order valence-electron chi connectivity index (χ4n) is 6.65. The predicted molar refractivity (Wildman–Crippen MR) is 190 cm³/mol. The molecule has 0 aliphatic rings. The van der Waals surface area contributed by atoms with E-state index < -0.39 is 5.97 Å². The molecule has 0 fully saturated rings. The zero-order valence-corrected chi connectivity index (χ0v) is 31.1. The minimum Gasteiger partial charge on any atom is -0.550 e. The molecule has 0 aromatic heterocycles. The molecule has 4 heteroatoms. The van der Waals surface area contributed by atoms with Crippen LogP contribution >= 0.6 is 0 Å². The van der Waals surface area contributed by atoms with Gasteiger partial charge in [0.25, 0.3) is 0 Å². The van der Waals surface area contributed by atoms with Crippen LogP contribution in [0.25, 0.3) is 0 Å². The molecule has 0 aliphatic carbocycles. The first kappa shape index (κ1) is 46.1. The van der Waals surface area contributed by atoms with E-state index in [1.165, 1.54) is 206 Å². The number of carbonyl (C=O) groups is 1. The Labute approximate surface area is 290 Å². The second kappa shape index (κ2) is 39.2. The van der Waals surface area contributed by atoms with E-state index in [1.807, 2.05) is 0 Å². The molecule has 0 amide bonds. The van der Waals surface area contributed by atoms with E-state index in [4.69, 9.17) is 0 Å². The molecule has 258 valence electrons. The van der Waals surface area contributed by atoms with Crippen molar-refractivity contribution < 1.29 is 28.8 Å². The molecule has 0 saturated carbocycles. The molecule has 3 nitrogen and oxygen atoms in total. The first-order valence-corrected chi connectivity index (χ1v) is 20.1. The third kappa shape index (κ3) is 36.5. The van der Waals surface area contributed by atoms with E-state index in [-0.39, 0.29) is 25.3 Å². The van der Waals surface area contributed by atoms with Gasteiger partial charge in [0.15, 0.2) is 0 Å². The molecule has 0 saturated heterocycles. The molecule has 0 aliphatic heterocycles. The Morgan fingerprint density at radius 1 is 0.455 bits per heavy atom. The summed E-state index contributed by atoms with van der Waals surface area (Å²) in [6, 6.07) is 0.484. The Morgan fingerprint density at radius 2 is 0.705 bits per heavy atom. The van der Waals surface area contributed by atoms with Gasteiger partial charge in [0, 0.05) is 12.0 Å². The van der Waals surface area contributed by atoms with Crippen molar-refractivity contribution in [3.05, 3.63) is 0 Å². The van der Waals surface area contributed by atoms with E-state index in [2.05, 4.69) is 25.7 Å². The quantitative estimate of drug-likeness (QED) is 0.0518. The van der Waals surface area contributed by atoms with Crippen molar-refractivity contribution in [3.8, 4) is 0 Å². The molecule has 0 spiro atoms. The van der Waals surface area contributed by atoms with Gasteiger partial charge in [0.2, 0.25) is 0 Å². The van der Waals surface area contributed by atoms with E-state index in [0.717, 1.165) is 12.8 Å². The van der Waals surface area contributed by atoms with Gasteiger partial charge in [-0.2, -0.15) is 0 Å². The van der Waals surface area contributed by atoms with Gasteiger partial charge < -0.3 is 14.8 Å². The average Bonchev–Trinajstić information content (AvgIpc) is 2.99. The summed E-state index contributed by atoms with van der Waals surface area (Å²) in [5.41, 5.74) is 0. The summed E-state index contributed by atoms with van der Waals surface area (Å²) in [5.74, 6) is -0.899. The second-order valence-electron chi connectivity index (χ2n) is 14.0. The van der Waals surface area contributed by atoms with Gasteiger partial charge in [-0.15, -0.1) is 0 Å². The third-order valence-corrected chi connectivity index (χ3v) is 9.72. The topological polar surface area (TPSA) is 43.4 Å². The zero-order valence-electron chi connectivity index (χ0n) is 31.1. The summed E-state index contributed by atoms with van der Waals surface area (Å²) in [7, 11) is 0. The van der Waals surface area contributed by atoms with Gasteiger partial charge in [-0.25, -0.2) is 0 Å². The van der Waals surface area contributed by atoms with Crippen molar-refractivity contribution in [2.45, 2.75) is 239 Å². The number of unbranched alkanes of at least 4 members (excludes halogenated alkanes) is 28. The largest absolute Gasteiger partial charge is 1.00 e. The molecule has 0 aromatic carbocycles. The fourth-order valence-corrected chi connectivity index (χ4v) is 6.65. The molecule has 0 radical (unpaired) electrons. The maximum absolute atomic E-state index is 10.9.